The molecule has 4 heteroatoms. The average Bonchev–Trinajstić information content (AvgIpc) is 3.25. The molecule has 0 unspecified atom stereocenters. The van der Waals surface area contributed by atoms with Crippen molar-refractivity contribution in [2.75, 3.05) is 7.11 Å². The lowest BCUT2D eigenvalue weighted by Gasteiger charge is -2.28. The second kappa shape index (κ2) is 7.74. The summed E-state index contributed by atoms with van der Waals surface area (Å²) >= 11 is 0. The number of aliphatic hydroxyl groups is 1. The Morgan fingerprint density at radius 3 is 1.90 bits per heavy atom. The fourth-order valence-electron chi connectivity index (χ4n) is 4.05. The molecule has 4 nitrogen and oxygen atoms in total. The monoisotopic (exact) mass is 406 g/mol. The van der Waals surface area contributed by atoms with Gasteiger partial charge in [0.25, 0.3) is 0 Å². The van der Waals surface area contributed by atoms with Gasteiger partial charge in [-0.1, -0.05) is 66.7 Å². The molecule has 0 atom stereocenters. The first-order valence-corrected chi connectivity index (χ1v) is 10.2. The Morgan fingerprint density at radius 1 is 0.742 bits per heavy atom. The predicted molar refractivity (Wildman–Crippen MR) is 122 cm³/mol. The summed E-state index contributed by atoms with van der Waals surface area (Å²) in [5, 5.41) is 12.3. The van der Waals surface area contributed by atoms with E-state index in [0.717, 1.165) is 33.8 Å². The van der Waals surface area contributed by atoms with Crippen molar-refractivity contribution < 1.29 is 9.84 Å². The summed E-state index contributed by atoms with van der Waals surface area (Å²) in [6.45, 7) is 0. The van der Waals surface area contributed by atoms with Crippen LogP contribution in [0.25, 0.3) is 16.9 Å². The minimum Gasteiger partial charge on any atom is -0.497 e. The van der Waals surface area contributed by atoms with Crippen LogP contribution in [0.5, 0.6) is 5.75 Å². The van der Waals surface area contributed by atoms with Crippen LogP contribution in [-0.2, 0) is 5.60 Å². The molecule has 31 heavy (non-hydrogen) atoms. The minimum absolute atomic E-state index is 0.594. The van der Waals surface area contributed by atoms with Gasteiger partial charge in [-0.05, 0) is 47.5 Å². The Hall–Kier alpha value is -3.89. The lowest BCUT2D eigenvalue weighted by atomic mass is 9.83. The van der Waals surface area contributed by atoms with Crippen LogP contribution in [-0.4, -0.2) is 21.6 Å². The summed E-state index contributed by atoms with van der Waals surface area (Å²) in [6.07, 6.45) is 1.97. The average molecular weight is 406 g/mol. The van der Waals surface area contributed by atoms with Gasteiger partial charge in [-0.2, -0.15) is 0 Å². The normalized spacial score (nSPS) is 11.5. The van der Waals surface area contributed by atoms with Crippen LogP contribution < -0.4 is 4.74 Å². The molecule has 5 rings (SSSR count). The number of aromatic nitrogens is 2. The Kier molecular flexibility index (Phi) is 4.77. The lowest BCUT2D eigenvalue weighted by Crippen LogP contribution is -2.29. The molecule has 2 aromatic heterocycles. The third kappa shape index (κ3) is 3.18. The molecule has 0 aliphatic rings. The topological polar surface area (TPSA) is 46.8 Å². The van der Waals surface area contributed by atoms with Gasteiger partial charge in [-0.15, -0.1) is 0 Å². The molecule has 3 aromatic carbocycles. The molecule has 5 aromatic rings. The number of imidazole rings is 1. The number of nitrogens with zero attached hydrogens (tertiary/aromatic N) is 2. The van der Waals surface area contributed by atoms with Gasteiger partial charge in [0.05, 0.1) is 12.6 Å². The van der Waals surface area contributed by atoms with Gasteiger partial charge < -0.3 is 9.84 Å². The van der Waals surface area contributed by atoms with Crippen molar-refractivity contribution in [2.45, 2.75) is 5.60 Å². The molecule has 0 amide bonds. The first kappa shape index (κ1) is 19.1. The molecule has 0 spiro atoms. The molecular weight excluding hydrogens is 384 g/mol. The summed E-state index contributed by atoms with van der Waals surface area (Å²) in [5.74, 6) is 1.55. The number of fused-ring (bicyclic) bond motifs is 1. The number of pyridine rings is 1. The largest absolute Gasteiger partial charge is 0.497 e. The van der Waals surface area contributed by atoms with E-state index in [-0.39, 0.29) is 0 Å². The van der Waals surface area contributed by atoms with E-state index in [1.54, 1.807) is 7.11 Å². The van der Waals surface area contributed by atoms with E-state index in [2.05, 4.69) is 0 Å². The van der Waals surface area contributed by atoms with Crippen molar-refractivity contribution in [3.63, 3.8) is 0 Å². The number of hydrogen-bond donors (Lipinski definition) is 1. The first-order chi connectivity index (χ1) is 15.2. The molecular formula is C27H22N2O2. The number of benzene rings is 3. The second-order valence-corrected chi connectivity index (χ2v) is 7.41. The van der Waals surface area contributed by atoms with E-state index in [0.29, 0.717) is 5.69 Å². The van der Waals surface area contributed by atoms with Crippen LogP contribution >= 0.6 is 0 Å². The van der Waals surface area contributed by atoms with Crippen LogP contribution in [0, 0.1) is 0 Å². The van der Waals surface area contributed by atoms with Gasteiger partial charge in [0.1, 0.15) is 17.3 Å². The zero-order valence-electron chi connectivity index (χ0n) is 17.1. The minimum atomic E-state index is -1.40. The number of methoxy groups -OCH3 is 1. The highest BCUT2D eigenvalue weighted by Gasteiger charge is 2.38. The third-order valence-electron chi connectivity index (χ3n) is 5.62. The molecule has 0 aliphatic carbocycles. The molecule has 0 aliphatic heterocycles. The molecule has 2 heterocycles. The fraction of sp³-hybridized carbons (Fsp3) is 0.0741. The molecule has 0 saturated heterocycles. The van der Waals surface area contributed by atoms with E-state index in [4.69, 9.17) is 9.72 Å². The Bertz CT molecular complexity index is 1270. The predicted octanol–water partition coefficient (Wildman–Crippen LogP) is 5.29. The van der Waals surface area contributed by atoms with Crippen molar-refractivity contribution in [2.24, 2.45) is 0 Å². The quantitative estimate of drug-likeness (QED) is 0.431. The molecule has 0 fully saturated rings. The Labute approximate surface area is 181 Å². The van der Waals surface area contributed by atoms with Gasteiger partial charge in [-0.25, -0.2) is 4.98 Å². The van der Waals surface area contributed by atoms with Gasteiger partial charge in [0, 0.05) is 11.8 Å². The maximum atomic E-state index is 12.3. The zero-order valence-corrected chi connectivity index (χ0v) is 17.1. The Morgan fingerprint density at radius 2 is 1.32 bits per heavy atom. The zero-order chi connectivity index (χ0) is 21.3. The molecule has 0 saturated carbocycles. The summed E-state index contributed by atoms with van der Waals surface area (Å²) < 4.78 is 7.32. The smallest absolute Gasteiger partial charge is 0.159 e. The van der Waals surface area contributed by atoms with Crippen LogP contribution in [0.15, 0.2) is 109 Å². The van der Waals surface area contributed by atoms with Crippen molar-refractivity contribution in [1.29, 1.82) is 0 Å². The van der Waals surface area contributed by atoms with E-state index < -0.39 is 5.60 Å². The highest BCUT2D eigenvalue weighted by molar-refractivity contribution is 5.69. The van der Waals surface area contributed by atoms with Crippen LogP contribution in [0.1, 0.15) is 16.8 Å². The number of rotatable bonds is 5. The van der Waals surface area contributed by atoms with E-state index in [1.165, 1.54) is 0 Å². The summed E-state index contributed by atoms with van der Waals surface area (Å²) in [6, 6.07) is 33.1. The highest BCUT2D eigenvalue weighted by Crippen LogP contribution is 2.39. The molecule has 152 valence electrons. The number of ether oxygens (including phenoxy) is 1. The second-order valence-electron chi connectivity index (χ2n) is 7.41. The van der Waals surface area contributed by atoms with Gasteiger partial charge >= 0.3 is 0 Å². The van der Waals surface area contributed by atoms with Crippen molar-refractivity contribution in [3.8, 4) is 17.1 Å². The first-order valence-electron chi connectivity index (χ1n) is 10.2. The number of hydrogen-bond acceptors (Lipinski definition) is 3. The van der Waals surface area contributed by atoms with Gasteiger partial charge in [0.2, 0.25) is 0 Å². The molecule has 0 radical (unpaired) electrons. The van der Waals surface area contributed by atoms with Crippen LogP contribution in [0.2, 0.25) is 0 Å². The maximum absolute atomic E-state index is 12.3. The van der Waals surface area contributed by atoms with Crippen molar-refractivity contribution in [3.05, 3.63) is 126 Å². The standard InChI is InChI=1S/C27H22N2O2/c1-31-23-17-15-20(16-18-23)26-28-25(24-14-8-9-19-29(24)26)27(30,21-10-4-2-5-11-21)22-12-6-3-7-13-22/h2-19,30H,1H3. The fourth-order valence-corrected chi connectivity index (χ4v) is 4.05. The van der Waals surface area contributed by atoms with Crippen molar-refractivity contribution in [1.82, 2.24) is 9.38 Å². The molecule has 1 N–H and O–H groups in total. The summed E-state index contributed by atoms with van der Waals surface area (Å²) in [5.41, 5.74) is 2.52. The summed E-state index contributed by atoms with van der Waals surface area (Å²) in [7, 11) is 1.65. The van der Waals surface area contributed by atoms with Crippen molar-refractivity contribution >= 4 is 5.52 Å². The highest BCUT2D eigenvalue weighted by atomic mass is 16.5. The van der Waals surface area contributed by atoms with Crippen LogP contribution in [0.3, 0.4) is 0 Å². The van der Waals surface area contributed by atoms with Gasteiger partial charge in [-0.3, -0.25) is 4.40 Å². The van der Waals surface area contributed by atoms with E-state index >= 15 is 0 Å². The van der Waals surface area contributed by atoms with E-state index in [9.17, 15) is 5.11 Å². The van der Waals surface area contributed by atoms with Crippen LogP contribution in [0.4, 0.5) is 0 Å². The SMILES string of the molecule is COc1ccc(-c2nc(C(O)(c3ccccc3)c3ccccc3)c3ccccn23)cc1. The maximum Gasteiger partial charge on any atom is 0.159 e. The third-order valence-corrected chi connectivity index (χ3v) is 5.62. The van der Waals surface area contributed by atoms with Gasteiger partial charge in [0.15, 0.2) is 5.60 Å². The summed E-state index contributed by atoms with van der Waals surface area (Å²) in [4.78, 5) is 5.01. The Balaban J connectivity index is 1.80. The lowest BCUT2D eigenvalue weighted by molar-refractivity contribution is 0.123. The molecule has 0 bridgehead atoms. The van der Waals surface area contributed by atoms with E-state index in [1.807, 2.05) is 114 Å².